The third kappa shape index (κ3) is 4.64. The summed E-state index contributed by atoms with van der Waals surface area (Å²) < 4.78 is 3.47. The van der Waals surface area contributed by atoms with E-state index in [2.05, 4.69) is 27.6 Å². The summed E-state index contributed by atoms with van der Waals surface area (Å²) in [5.41, 5.74) is 1.79. The van der Waals surface area contributed by atoms with Crippen LogP contribution in [0.1, 0.15) is 25.8 Å². The van der Waals surface area contributed by atoms with Gasteiger partial charge in [-0.1, -0.05) is 68.1 Å². The molecule has 0 radical (unpaired) electrons. The minimum atomic E-state index is -0.160. The Balaban J connectivity index is 1.69. The first-order valence-electron chi connectivity index (χ1n) is 10.3. The van der Waals surface area contributed by atoms with Crippen molar-refractivity contribution < 1.29 is 4.79 Å². The summed E-state index contributed by atoms with van der Waals surface area (Å²) in [7, 11) is 0. The van der Waals surface area contributed by atoms with Gasteiger partial charge in [0.2, 0.25) is 11.7 Å². The van der Waals surface area contributed by atoms with Gasteiger partial charge in [0.1, 0.15) is 0 Å². The summed E-state index contributed by atoms with van der Waals surface area (Å²) in [6, 6.07) is 17.6. The van der Waals surface area contributed by atoms with E-state index < -0.39 is 0 Å². The number of carbonyl (C=O) groups is 1. The number of carbonyl (C=O) groups excluding carboxylic acids is 1. The number of hydrogen-bond donors (Lipinski definition) is 1. The second-order valence-corrected chi connectivity index (χ2v) is 8.76. The second kappa shape index (κ2) is 9.34. The quantitative estimate of drug-likeness (QED) is 0.429. The molecule has 4 rings (SSSR count). The van der Waals surface area contributed by atoms with Crippen molar-refractivity contribution in [3.05, 3.63) is 70.5 Å². The van der Waals surface area contributed by atoms with Crippen LogP contribution >= 0.6 is 11.8 Å². The standard InChI is InChI=1S/C23H25N5O2S/c1-16(2)14-24-20(29)12-13-27-21(30)18-10-6-7-11-19(18)28-22(27)25-26-23(28)31-15-17-8-4-3-5-9-17/h3-11,16H,12-15H2,1-2H3,(H,24,29). The van der Waals surface area contributed by atoms with Gasteiger partial charge in [0, 0.05) is 25.3 Å². The Hall–Kier alpha value is -3.13. The Morgan fingerprint density at radius 2 is 1.81 bits per heavy atom. The topological polar surface area (TPSA) is 81.3 Å². The summed E-state index contributed by atoms with van der Waals surface area (Å²) in [6.07, 6.45) is 0.208. The number of nitrogens with one attached hydrogen (secondary N) is 1. The summed E-state index contributed by atoms with van der Waals surface area (Å²) in [4.78, 5) is 25.4. The van der Waals surface area contributed by atoms with Gasteiger partial charge in [-0.05, 0) is 23.6 Å². The highest BCUT2D eigenvalue weighted by Gasteiger charge is 2.17. The van der Waals surface area contributed by atoms with Crippen LogP contribution in [-0.4, -0.2) is 31.6 Å². The van der Waals surface area contributed by atoms with E-state index in [9.17, 15) is 9.59 Å². The fraction of sp³-hybridized carbons (Fsp3) is 0.304. The molecule has 0 saturated carbocycles. The molecule has 2 aromatic carbocycles. The molecule has 1 N–H and O–H groups in total. The van der Waals surface area contributed by atoms with Crippen LogP contribution in [-0.2, 0) is 17.1 Å². The van der Waals surface area contributed by atoms with E-state index in [-0.39, 0.29) is 24.4 Å². The van der Waals surface area contributed by atoms with Gasteiger partial charge in [-0.15, -0.1) is 10.2 Å². The molecule has 0 saturated heterocycles. The third-order valence-corrected chi connectivity index (χ3v) is 5.96. The molecular weight excluding hydrogens is 410 g/mol. The van der Waals surface area contributed by atoms with Crippen molar-refractivity contribution in [2.45, 2.75) is 37.7 Å². The SMILES string of the molecule is CC(C)CNC(=O)CCn1c(=O)c2ccccc2n2c(SCc3ccccc3)nnc12. The molecule has 31 heavy (non-hydrogen) atoms. The fourth-order valence-corrected chi connectivity index (χ4v) is 4.27. The monoisotopic (exact) mass is 435 g/mol. The van der Waals surface area contributed by atoms with Gasteiger partial charge in [0.05, 0.1) is 10.9 Å². The lowest BCUT2D eigenvalue weighted by Crippen LogP contribution is -2.30. The van der Waals surface area contributed by atoms with Crippen LogP contribution in [0.4, 0.5) is 0 Å². The van der Waals surface area contributed by atoms with Crippen LogP contribution in [0.15, 0.2) is 64.5 Å². The number of fused-ring (bicyclic) bond motifs is 3. The highest BCUT2D eigenvalue weighted by molar-refractivity contribution is 7.98. The van der Waals surface area contributed by atoms with Crippen LogP contribution in [0, 0.1) is 5.92 Å². The first-order valence-corrected chi connectivity index (χ1v) is 11.3. The molecular formula is C23H25N5O2S. The molecule has 7 nitrogen and oxygen atoms in total. The fourth-order valence-electron chi connectivity index (χ4n) is 3.37. The highest BCUT2D eigenvalue weighted by Crippen LogP contribution is 2.24. The lowest BCUT2D eigenvalue weighted by atomic mass is 10.2. The smallest absolute Gasteiger partial charge is 0.262 e. The van der Waals surface area contributed by atoms with Gasteiger partial charge in [0.15, 0.2) is 5.16 Å². The van der Waals surface area contributed by atoms with Gasteiger partial charge in [-0.25, -0.2) is 0 Å². The first-order chi connectivity index (χ1) is 15.0. The molecule has 4 aromatic rings. The Bertz CT molecular complexity index is 1260. The number of rotatable bonds is 8. The first kappa shape index (κ1) is 21.1. The van der Waals surface area contributed by atoms with Crippen molar-refractivity contribution in [3.63, 3.8) is 0 Å². The Morgan fingerprint density at radius 3 is 2.58 bits per heavy atom. The maximum Gasteiger partial charge on any atom is 0.262 e. The van der Waals surface area contributed by atoms with Crippen molar-refractivity contribution in [3.8, 4) is 0 Å². The lowest BCUT2D eigenvalue weighted by Gasteiger charge is -2.12. The van der Waals surface area contributed by atoms with E-state index in [1.165, 1.54) is 5.56 Å². The van der Waals surface area contributed by atoms with Crippen LogP contribution in [0.2, 0.25) is 0 Å². The molecule has 0 aliphatic heterocycles. The van der Waals surface area contributed by atoms with Gasteiger partial charge in [-0.3, -0.25) is 18.6 Å². The third-order valence-electron chi connectivity index (χ3n) is 4.96. The predicted molar refractivity (Wildman–Crippen MR) is 123 cm³/mol. The summed E-state index contributed by atoms with van der Waals surface area (Å²) in [6.45, 7) is 4.95. The van der Waals surface area contributed by atoms with E-state index in [1.807, 2.05) is 54.6 Å². The van der Waals surface area contributed by atoms with E-state index in [0.29, 0.717) is 28.8 Å². The zero-order valence-electron chi connectivity index (χ0n) is 17.6. The van der Waals surface area contributed by atoms with Crippen LogP contribution in [0.5, 0.6) is 0 Å². The number of amides is 1. The molecule has 0 fully saturated rings. The normalized spacial score (nSPS) is 11.5. The molecule has 8 heteroatoms. The number of thioether (sulfide) groups is 1. The molecule has 0 unspecified atom stereocenters. The minimum absolute atomic E-state index is 0.0786. The van der Waals surface area contributed by atoms with Crippen molar-refractivity contribution in [2.75, 3.05) is 6.54 Å². The highest BCUT2D eigenvalue weighted by atomic mass is 32.2. The average molecular weight is 436 g/mol. The van der Waals surface area contributed by atoms with Gasteiger partial charge >= 0.3 is 0 Å². The van der Waals surface area contributed by atoms with Gasteiger partial charge in [0.25, 0.3) is 5.56 Å². The Morgan fingerprint density at radius 1 is 1.06 bits per heavy atom. The molecule has 1 amide bonds. The van der Waals surface area contributed by atoms with E-state index in [4.69, 9.17) is 0 Å². The van der Waals surface area contributed by atoms with Crippen molar-refractivity contribution in [2.24, 2.45) is 5.92 Å². The number of aromatic nitrogens is 4. The summed E-state index contributed by atoms with van der Waals surface area (Å²) >= 11 is 1.57. The maximum atomic E-state index is 13.2. The predicted octanol–water partition coefficient (Wildman–Crippen LogP) is 3.50. The van der Waals surface area contributed by atoms with Gasteiger partial charge in [-0.2, -0.15) is 0 Å². The zero-order valence-corrected chi connectivity index (χ0v) is 18.4. The van der Waals surface area contributed by atoms with Gasteiger partial charge < -0.3 is 5.32 Å². The van der Waals surface area contributed by atoms with Crippen LogP contribution < -0.4 is 10.9 Å². The number of nitrogens with zero attached hydrogens (tertiary/aromatic N) is 4. The second-order valence-electron chi connectivity index (χ2n) is 7.81. The molecule has 0 bridgehead atoms. The summed E-state index contributed by atoms with van der Waals surface area (Å²) in [5, 5.41) is 12.9. The maximum absolute atomic E-state index is 13.2. The average Bonchev–Trinajstić information content (AvgIpc) is 3.21. The number of hydrogen-bond acceptors (Lipinski definition) is 5. The molecule has 2 aromatic heterocycles. The summed E-state index contributed by atoms with van der Waals surface area (Å²) in [5.74, 6) is 1.49. The molecule has 2 heterocycles. The number of para-hydroxylation sites is 1. The van der Waals surface area contributed by atoms with Crippen molar-refractivity contribution in [1.29, 1.82) is 0 Å². The Kier molecular flexibility index (Phi) is 6.36. The minimum Gasteiger partial charge on any atom is -0.356 e. The molecule has 160 valence electrons. The van der Waals surface area contributed by atoms with Crippen molar-refractivity contribution >= 4 is 34.3 Å². The Labute approximate surface area is 184 Å². The van der Waals surface area contributed by atoms with E-state index in [1.54, 1.807) is 22.4 Å². The van der Waals surface area contributed by atoms with Crippen LogP contribution in [0.3, 0.4) is 0 Å². The lowest BCUT2D eigenvalue weighted by molar-refractivity contribution is -0.121. The molecule has 0 spiro atoms. The van der Waals surface area contributed by atoms with E-state index >= 15 is 0 Å². The molecule has 0 aliphatic rings. The molecule has 0 atom stereocenters. The number of aryl methyl sites for hydroxylation is 1. The zero-order chi connectivity index (χ0) is 21.8. The van der Waals surface area contributed by atoms with Crippen LogP contribution in [0.25, 0.3) is 16.7 Å². The molecule has 0 aliphatic carbocycles. The van der Waals surface area contributed by atoms with Crippen molar-refractivity contribution in [1.82, 2.24) is 24.5 Å². The van der Waals surface area contributed by atoms with E-state index in [0.717, 1.165) is 11.3 Å². The largest absolute Gasteiger partial charge is 0.356 e. The number of benzene rings is 2.